The molecule has 2 N–H and O–H groups in total. The number of rotatable bonds is 5. The van der Waals surface area contributed by atoms with Crippen LogP contribution in [0.15, 0.2) is 30.7 Å². The largest absolute Gasteiger partial charge is 0.350 e. The van der Waals surface area contributed by atoms with E-state index in [0.29, 0.717) is 11.4 Å². The van der Waals surface area contributed by atoms with E-state index in [1.807, 2.05) is 12.1 Å². The second kappa shape index (κ2) is 7.44. The molecule has 3 rings (SSSR count). The van der Waals surface area contributed by atoms with E-state index in [4.69, 9.17) is 0 Å². The minimum atomic E-state index is -0.0482. The van der Waals surface area contributed by atoms with Crippen LogP contribution in [-0.4, -0.2) is 60.0 Å². The third kappa shape index (κ3) is 3.88. The Bertz CT molecular complexity index is 609. The first kappa shape index (κ1) is 15.1. The SMILES string of the molecule is O=C(NCCN1CCNCC1)c1cnc(-c2ccncc2)s1. The van der Waals surface area contributed by atoms with E-state index in [9.17, 15) is 4.79 Å². The Morgan fingerprint density at radius 1 is 1.32 bits per heavy atom. The van der Waals surface area contributed by atoms with E-state index in [-0.39, 0.29) is 5.91 Å². The summed E-state index contributed by atoms with van der Waals surface area (Å²) in [5, 5.41) is 7.13. The van der Waals surface area contributed by atoms with Crippen LogP contribution in [0.5, 0.6) is 0 Å². The Morgan fingerprint density at radius 3 is 2.86 bits per heavy atom. The van der Waals surface area contributed by atoms with Crippen molar-refractivity contribution in [3.05, 3.63) is 35.6 Å². The molecule has 0 atom stereocenters. The van der Waals surface area contributed by atoms with E-state index < -0.39 is 0 Å². The Hall–Kier alpha value is -1.83. The maximum absolute atomic E-state index is 12.1. The highest BCUT2D eigenvalue weighted by molar-refractivity contribution is 7.16. The number of piperazine rings is 1. The van der Waals surface area contributed by atoms with Gasteiger partial charge in [-0.2, -0.15) is 0 Å². The average Bonchev–Trinajstić information content (AvgIpc) is 3.07. The fourth-order valence-corrected chi connectivity index (χ4v) is 3.19. The molecule has 1 fully saturated rings. The van der Waals surface area contributed by atoms with Crippen molar-refractivity contribution in [3.63, 3.8) is 0 Å². The first-order valence-corrected chi connectivity index (χ1v) is 8.22. The Balaban J connectivity index is 1.51. The smallest absolute Gasteiger partial charge is 0.263 e. The van der Waals surface area contributed by atoms with Gasteiger partial charge in [-0.15, -0.1) is 11.3 Å². The average molecular weight is 317 g/mol. The van der Waals surface area contributed by atoms with E-state index in [1.165, 1.54) is 11.3 Å². The van der Waals surface area contributed by atoms with Crippen molar-refractivity contribution >= 4 is 17.2 Å². The van der Waals surface area contributed by atoms with Gasteiger partial charge in [0.2, 0.25) is 0 Å². The molecule has 0 saturated carbocycles. The maximum atomic E-state index is 12.1. The molecule has 7 heteroatoms. The lowest BCUT2D eigenvalue weighted by Gasteiger charge is -2.26. The fraction of sp³-hybridized carbons (Fsp3) is 0.400. The molecular formula is C15H19N5OS. The molecule has 22 heavy (non-hydrogen) atoms. The Morgan fingerprint density at radius 2 is 2.09 bits per heavy atom. The Labute approximate surface area is 133 Å². The molecule has 0 spiro atoms. The quantitative estimate of drug-likeness (QED) is 0.855. The zero-order valence-corrected chi connectivity index (χ0v) is 13.1. The summed E-state index contributed by atoms with van der Waals surface area (Å²) in [6.45, 7) is 5.70. The number of carbonyl (C=O) groups excluding carboxylic acids is 1. The number of pyridine rings is 1. The summed E-state index contributed by atoms with van der Waals surface area (Å²) in [6, 6.07) is 3.79. The minimum absolute atomic E-state index is 0.0482. The number of aromatic nitrogens is 2. The minimum Gasteiger partial charge on any atom is -0.350 e. The maximum Gasteiger partial charge on any atom is 0.263 e. The van der Waals surface area contributed by atoms with Crippen molar-refractivity contribution in [3.8, 4) is 10.6 Å². The van der Waals surface area contributed by atoms with Crippen molar-refractivity contribution < 1.29 is 4.79 Å². The third-order valence-electron chi connectivity index (χ3n) is 3.58. The van der Waals surface area contributed by atoms with Gasteiger partial charge in [0.05, 0.1) is 6.20 Å². The van der Waals surface area contributed by atoms with Crippen LogP contribution in [0.25, 0.3) is 10.6 Å². The van der Waals surface area contributed by atoms with Crippen molar-refractivity contribution in [2.45, 2.75) is 0 Å². The summed E-state index contributed by atoms with van der Waals surface area (Å²) in [5.41, 5.74) is 0.986. The highest BCUT2D eigenvalue weighted by Gasteiger charge is 2.13. The van der Waals surface area contributed by atoms with Crippen LogP contribution in [0.4, 0.5) is 0 Å². The second-order valence-corrected chi connectivity index (χ2v) is 6.14. The number of carbonyl (C=O) groups is 1. The molecule has 1 aliphatic heterocycles. The normalized spacial score (nSPS) is 15.6. The van der Waals surface area contributed by atoms with Crippen LogP contribution in [0.2, 0.25) is 0 Å². The fourth-order valence-electron chi connectivity index (χ4n) is 2.36. The summed E-state index contributed by atoms with van der Waals surface area (Å²) < 4.78 is 0. The highest BCUT2D eigenvalue weighted by atomic mass is 32.1. The molecule has 2 aromatic heterocycles. The third-order valence-corrected chi connectivity index (χ3v) is 4.63. The van der Waals surface area contributed by atoms with Crippen LogP contribution in [0.3, 0.4) is 0 Å². The number of hydrogen-bond donors (Lipinski definition) is 2. The summed E-state index contributed by atoms with van der Waals surface area (Å²) in [7, 11) is 0. The molecule has 0 unspecified atom stereocenters. The first-order chi connectivity index (χ1) is 10.8. The van der Waals surface area contributed by atoms with Crippen LogP contribution in [0, 0.1) is 0 Å². The van der Waals surface area contributed by atoms with Gasteiger partial charge in [0, 0.05) is 57.2 Å². The molecule has 116 valence electrons. The van der Waals surface area contributed by atoms with Gasteiger partial charge in [-0.05, 0) is 12.1 Å². The Kier molecular flexibility index (Phi) is 5.10. The van der Waals surface area contributed by atoms with Gasteiger partial charge >= 0.3 is 0 Å². The van der Waals surface area contributed by atoms with E-state index in [1.54, 1.807) is 18.6 Å². The molecule has 0 aromatic carbocycles. The standard InChI is InChI=1S/C15H19N5OS/c21-14(18-7-10-20-8-5-17-6-9-20)13-11-19-15(22-13)12-1-3-16-4-2-12/h1-4,11,17H,5-10H2,(H,18,21). The van der Waals surface area contributed by atoms with E-state index in [0.717, 1.165) is 43.3 Å². The van der Waals surface area contributed by atoms with Crippen molar-refractivity contribution in [1.82, 2.24) is 25.5 Å². The number of nitrogens with zero attached hydrogens (tertiary/aromatic N) is 3. The second-order valence-electron chi connectivity index (χ2n) is 5.11. The molecule has 0 aliphatic carbocycles. The molecule has 1 amide bonds. The van der Waals surface area contributed by atoms with Gasteiger partial charge in [-0.3, -0.25) is 14.7 Å². The molecule has 1 aliphatic rings. The predicted octanol–water partition coefficient (Wildman–Crippen LogP) is 0.840. The van der Waals surface area contributed by atoms with Crippen molar-refractivity contribution in [1.29, 1.82) is 0 Å². The van der Waals surface area contributed by atoms with Gasteiger partial charge in [-0.25, -0.2) is 4.98 Å². The molecule has 1 saturated heterocycles. The molecule has 2 aromatic rings. The zero-order chi connectivity index (χ0) is 15.2. The number of thiazole rings is 1. The molecular weight excluding hydrogens is 298 g/mol. The lowest BCUT2D eigenvalue weighted by Crippen LogP contribution is -2.46. The van der Waals surface area contributed by atoms with Gasteiger partial charge < -0.3 is 10.6 Å². The van der Waals surface area contributed by atoms with Gasteiger partial charge in [0.15, 0.2) is 0 Å². The van der Waals surface area contributed by atoms with Crippen LogP contribution < -0.4 is 10.6 Å². The summed E-state index contributed by atoms with van der Waals surface area (Å²) in [4.78, 5) is 23.4. The molecule has 0 radical (unpaired) electrons. The van der Waals surface area contributed by atoms with Crippen molar-refractivity contribution in [2.75, 3.05) is 39.3 Å². The van der Waals surface area contributed by atoms with Crippen molar-refractivity contribution in [2.24, 2.45) is 0 Å². The van der Waals surface area contributed by atoms with Gasteiger partial charge in [0.25, 0.3) is 5.91 Å². The lowest BCUT2D eigenvalue weighted by molar-refractivity contribution is 0.0951. The van der Waals surface area contributed by atoms with Crippen LogP contribution in [-0.2, 0) is 0 Å². The molecule has 6 nitrogen and oxygen atoms in total. The summed E-state index contributed by atoms with van der Waals surface area (Å²) >= 11 is 1.41. The molecule has 0 bridgehead atoms. The predicted molar refractivity (Wildman–Crippen MR) is 87.0 cm³/mol. The van der Waals surface area contributed by atoms with E-state index >= 15 is 0 Å². The number of nitrogens with one attached hydrogen (secondary N) is 2. The lowest BCUT2D eigenvalue weighted by atomic mass is 10.3. The van der Waals surface area contributed by atoms with Crippen LogP contribution >= 0.6 is 11.3 Å². The van der Waals surface area contributed by atoms with Crippen LogP contribution in [0.1, 0.15) is 9.67 Å². The zero-order valence-electron chi connectivity index (χ0n) is 12.3. The number of hydrogen-bond acceptors (Lipinski definition) is 6. The molecule has 3 heterocycles. The topological polar surface area (TPSA) is 70.2 Å². The first-order valence-electron chi connectivity index (χ1n) is 7.40. The van der Waals surface area contributed by atoms with Gasteiger partial charge in [0.1, 0.15) is 9.88 Å². The van der Waals surface area contributed by atoms with Gasteiger partial charge in [-0.1, -0.05) is 0 Å². The van der Waals surface area contributed by atoms with E-state index in [2.05, 4.69) is 25.5 Å². The number of amides is 1. The highest BCUT2D eigenvalue weighted by Crippen LogP contribution is 2.24. The summed E-state index contributed by atoms with van der Waals surface area (Å²) in [6.07, 6.45) is 5.09. The summed E-state index contributed by atoms with van der Waals surface area (Å²) in [5.74, 6) is -0.0482. The monoisotopic (exact) mass is 317 g/mol.